The normalized spacial score (nSPS) is 11.5. The average Bonchev–Trinajstić information content (AvgIpc) is 2.60. The fraction of sp³-hybridized carbons (Fsp3) is 0.222. The van der Waals surface area contributed by atoms with Gasteiger partial charge in [0.15, 0.2) is 0 Å². The van der Waals surface area contributed by atoms with Crippen LogP contribution in [-0.4, -0.2) is 29.6 Å². The van der Waals surface area contributed by atoms with Crippen LogP contribution in [0.15, 0.2) is 60.7 Å². The summed E-state index contributed by atoms with van der Waals surface area (Å²) in [6.07, 6.45) is 0.306. The van der Waals surface area contributed by atoms with E-state index in [1.165, 1.54) is 0 Å². The molecule has 0 fully saturated rings. The largest absolute Gasteiger partial charge is 0.459 e. The molecule has 1 amide bonds. The Balaban J connectivity index is 2.00. The highest BCUT2D eigenvalue weighted by Crippen LogP contribution is 2.07. The molecule has 0 unspecified atom stereocenters. The fourth-order valence-corrected chi connectivity index (χ4v) is 2.11. The van der Waals surface area contributed by atoms with E-state index in [9.17, 15) is 9.59 Å². The van der Waals surface area contributed by atoms with Gasteiger partial charge in [0.05, 0.1) is 0 Å². The predicted octanol–water partition coefficient (Wildman–Crippen LogP) is 1.45. The molecule has 2 aromatic rings. The predicted molar refractivity (Wildman–Crippen MR) is 85.4 cm³/mol. The van der Waals surface area contributed by atoms with Crippen molar-refractivity contribution >= 4 is 11.9 Å². The highest BCUT2D eigenvalue weighted by atomic mass is 16.5. The molecule has 0 bridgehead atoms. The van der Waals surface area contributed by atoms with Gasteiger partial charge in [-0.3, -0.25) is 4.79 Å². The van der Waals surface area contributed by atoms with E-state index in [1.807, 2.05) is 60.7 Å². The summed E-state index contributed by atoms with van der Waals surface area (Å²) in [7, 11) is 0. The zero-order valence-corrected chi connectivity index (χ0v) is 12.6. The molecule has 120 valence electrons. The highest BCUT2D eigenvalue weighted by Gasteiger charge is 2.22. The number of carbonyl (C=O) groups excluding carboxylic acids is 2. The van der Waals surface area contributed by atoms with E-state index < -0.39 is 24.5 Å². The average molecular weight is 313 g/mol. The molecule has 0 aromatic heterocycles. The molecule has 0 aliphatic heterocycles. The number of ether oxygens (including phenoxy) is 1. The number of nitrogens with one attached hydrogen (secondary N) is 1. The van der Waals surface area contributed by atoms with Gasteiger partial charge in [-0.25, -0.2) is 4.79 Å². The highest BCUT2D eigenvalue weighted by molar-refractivity contribution is 5.85. The van der Waals surface area contributed by atoms with Crippen LogP contribution in [0.3, 0.4) is 0 Å². The Hall–Kier alpha value is -2.66. The number of aliphatic hydroxyl groups excluding tert-OH is 1. The molecule has 0 heterocycles. The number of rotatable bonds is 7. The van der Waals surface area contributed by atoms with Gasteiger partial charge in [-0.15, -0.1) is 0 Å². The van der Waals surface area contributed by atoms with Crippen LogP contribution in [0.2, 0.25) is 0 Å². The number of aliphatic hydroxyl groups is 1. The van der Waals surface area contributed by atoms with Crippen molar-refractivity contribution in [1.29, 1.82) is 0 Å². The Morgan fingerprint density at radius 2 is 1.52 bits per heavy atom. The molecule has 2 aromatic carbocycles. The number of hydrogen-bond donors (Lipinski definition) is 2. The SMILES string of the molecule is O=C(CO)N[C@@H](Cc1ccccc1)C(=O)OCc1ccccc1. The molecule has 2 N–H and O–H groups in total. The molecular weight excluding hydrogens is 294 g/mol. The second kappa shape index (κ2) is 8.70. The lowest BCUT2D eigenvalue weighted by atomic mass is 10.1. The zero-order chi connectivity index (χ0) is 16.5. The quantitative estimate of drug-likeness (QED) is 0.759. The number of amides is 1. The second-order valence-electron chi connectivity index (χ2n) is 5.06. The minimum Gasteiger partial charge on any atom is -0.459 e. The molecule has 5 nitrogen and oxygen atoms in total. The summed E-state index contributed by atoms with van der Waals surface area (Å²) < 4.78 is 5.27. The second-order valence-corrected chi connectivity index (χ2v) is 5.06. The first-order valence-electron chi connectivity index (χ1n) is 7.33. The van der Waals surface area contributed by atoms with Crippen LogP contribution in [0.4, 0.5) is 0 Å². The van der Waals surface area contributed by atoms with E-state index in [0.717, 1.165) is 11.1 Å². The molecular formula is C18H19NO4. The summed E-state index contributed by atoms with van der Waals surface area (Å²) in [5, 5.41) is 11.4. The summed E-state index contributed by atoms with van der Waals surface area (Å²) in [6.45, 7) is -0.531. The molecule has 0 aliphatic carbocycles. The third-order valence-corrected chi connectivity index (χ3v) is 3.27. The molecule has 2 rings (SSSR count). The molecule has 0 saturated heterocycles. The van der Waals surface area contributed by atoms with Crippen molar-refractivity contribution in [2.24, 2.45) is 0 Å². The van der Waals surface area contributed by atoms with Gasteiger partial charge >= 0.3 is 5.97 Å². The van der Waals surface area contributed by atoms with Gasteiger partial charge in [0.25, 0.3) is 0 Å². The van der Waals surface area contributed by atoms with Crippen LogP contribution >= 0.6 is 0 Å². The Bertz CT molecular complexity index is 628. The van der Waals surface area contributed by atoms with E-state index in [4.69, 9.17) is 9.84 Å². The maximum atomic E-state index is 12.3. The van der Waals surface area contributed by atoms with Crippen molar-refractivity contribution in [3.63, 3.8) is 0 Å². The minimum atomic E-state index is -0.833. The molecule has 5 heteroatoms. The van der Waals surface area contributed by atoms with E-state index in [1.54, 1.807) is 0 Å². The standard InChI is InChI=1S/C18H19NO4/c20-12-17(21)19-16(11-14-7-3-1-4-8-14)18(22)23-13-15-9-5-2-6-10-15/h1-10,16,20H,11-13H2,(H,19,21)/t16-/m0/s1. The van der Waals surface area contributed by atoms with E-state index in [0.29, 0.717) is 6.42 Å². The molecule has 23 heavy (non-hydrogen) atoms. The van der Waals surface area contributed by atoms with Crippen LogP contribution in [0.1, 0.15) is 11.1 Å². The van der Waals surface area contributed by atoms with Crippen molar-refractivity contribution in [3.05, 3.63) is 71.8 Å². The van der Waals surface area contributed by atoms with Crippen LogP contribution in [-0.2, 0) is 27.4 Å². The van der Waals surface area contributed by atoms with Crippen LogP contribution in [0, 0.1) is 0 Å². The molecule has 0 radical (unpaired) electrons. The van der Waals surface area contributed by atoms with E-state index in [2.05, 4.69) is 5.32 Å². The van der Waals surface area contributed by atoms with Gasteiger partial charge in [-0.05, 0) is 11.1 Å². The van der Waals surface area contributed by atoms with Crippen LogP contribution in [0.25, 0.3) is 0 Å². The summed E-state index contributed by atoms with van der Waals surface area (Å²) in [6, 6.07) is 17.8. The molecule has 0 aliphatic rings. The van der Waals surface area contributed by atoms with Crippen molar-refractivity contribution in [2.45, 2.75) is 19.1 Å². The van der Waals surface area contributed by atoms with Gasteiger partial charge in [-0.1, -0.05) is 60.7 Å². The third-order valence-electron chi connectivity index (χ3n) is 3.27. The van der Waals surface area contributed by atoms with E-state index in [-0.39, 0.29) is 6.61 Å². The first-order chi connectivity index (χ1) is 11.2. The summed E-state index contributed by atoms with van der Waals surface area (Å²) in [5.41, 5.74) is 1.76. The maximum Gasteiger partial charge on any atom is 0.329 e. The Morgan fingerprint density at radius 3 is 2.09 bits per heavy atom. The van der Waals surface area contributed by atoms with Crippen molar-refractivity contribution in [1.82, 2.24) is 5.32 Å². The maximum absolute atomic E-state index is 12.3. The molecule has 0 spiro atoms. The number of carbonyl (C=O) groups is 2. The van der Waals surface area contributed by atoms with Gasteiger partial charge < -0.3 is 15.2 Å². The van der Waals surface area contributed by atoms with Crippen LogP contribution < -0.4 is 5.32 Å². The van der Waals surface area contributed by atoms with Crippen LogP contribution in [0.5, 0.6) is 0 Å². The van der Waals surface area contributed by atoms with Gasteiger partial charge in [0, 0.05) is 6.42 Å². The van der Waals surface area contributed by atoms with Crippen molar-refractivity contribution in [2.75, 3.05) is 6.61 Å². The summed E-state index contributed by atoms with van der Waals surface area (Å²) >= 11 is 0. The number of esters is 1. The van der Waals surface area contributed by atoms with Gasteiger partial charge in [-0.2, -0.15) is 0 Å². The van der Waals surface area contributed by atoms with E-state index >= 15 is 0 Å². The monoisotopic (exact) mass is 313 g/mol. The number of hydrogen-bond acceptors (Lipinski definition) is 4. The fourth-order valence-electron chi connectivity index (χ4n) is 2.11. The van der Waals surface area contributed by atoms with Gasteiger partial charge in [0.2, 0.25) is 5.91 Å². The van der Waals surface area contributed by atoms with Crippen molar-refractivity contribution < 1.29 is 19.4 Å². The topological polar surface area (TPSA) is 75.6 Å². The lowest BCUT2D eigenvalue weighted by molar-refractivity contribution is -0.149. The first kappa shape index (κ1) is 16.7. The lowest BCUT2D eigenvalue weighted by Gasteiger charge is -2.17. The Labute approximate surface area is 134 Å². The van der Waals surface area contributed by atoms with Gasteiger partial charge in [0.1, 0.15) is 19.3 Å². The smallest absolute Gasteiger partial charge is 0.329 e. The summed E-state index contributed by atoms with van der Waals surface area (Å²) in [4.78, 5) is 23.7. The molecule has 1 atom stereocenters. The minimum absolute atomic E-state index is 0.139. The number of benzene rings is 2. The summed E-state index contributed by atoms with van der Waals surface area (Å²) in [5.74, 6) is -1.14. The zero-order valence-electron chi connectivity index (χ0n) is 12.6. The van der Waals surface area contributed by atoms with Crippen molar-refractivity contribution in [3.8, 4) is 0 Å². The molecule has 0 saturated carbocycles. The third kappa shape index (κ3) is 5.56. The first-order valence-corrected chi connectivity index (χ1v) is 7.33. The Kier molecular flexibility index (Phi) is 6.32. The Morgan fingerprint density at radius 1 is 0.957 bits per heavy atom. The lowest BCUT2D eigenvalue weighted by Crippen LogP contribution is -2.44.